The molecule has 2 nitrogen and oxygen atoms in total. The molecule has 14 heavy (non-hydrogen) atoms. The maximum Gasteiger partial charge on any atom is 1.00 e. The topological polar surface area (TPSA) is 40.1 Å². The van der Waals surface area contributed by atoms with E-state index in [0.29, 0.717) is 12.8 Å². The molecule has 0 aliphatic heterocycles. The predicted octanol–water partition coefficient (Wildman–Crippen LogP) is -1.77. The van der Waals surface area contributed by atoms with Gasteiger partial charge in [-0.15, -0.1) is 0 Å². The van der Waals surface area contributed by atoms with Crippen molar-refractivity contribution >= 4 is 21.9 Å². The molecule has 0 aromatic heterocycles. The maximum atomic E-state index is 10.9. The number of carboxylic acid groups (broad SMARTS) is 1. The molecule has 1 fully saturated rings. The Labute approximate surface area is 113 Å². The fourth-order valence-electron chi connectivity index (χ4n) is 1.52. The van der Waals surface area contributed by atoms with E-state index in [-0.39, 0.29) is 29.6 Å². The molecule has 4 heteroatoms. The molecule has 1 aromatic rings. The summed E-state index contributed by atoms with van der Waals surface area (Å²) in [5.41, 5.74) is 0.158. The second-order valence-corrected chi connectivity index (χ2v) is 4.30. The first-order chi connectivity index (χ1) is 6.15. The number of benzene rings is 1. The molecule has 0 amide bonds. The monoisotopic (exact) mass is 262 g/mol. The number of carboxylic acids is 1. The van der Waals surface area contributed by atoms with Crippen LogP contribution in [0.1, 0.15) is 18.4 Å². The minimum Gasteiger partial charge on any atom is -0.549 e. The van der Waals surface area contributed by atoms with Gasteiger partial charge in [-0.3, -0.25) is 0 Å². The number of hydrogen-bond donors (Lipinski definition) is 0. The summed E-state index contributed by atoms with van der Waals surface area (Å²) in [4.78, 5) is 10.9. The Balaban J connectivity index is 0.000000980. The Morgan fingerprint density at radius 2 is 2.07 bits per heavy atom. The van der Waals surface area contributed by atoms with Gasteiger partial charge in [0.15, 0.2) is 0 Å². The second-order valence-electron chi connectivity index (χ2n) is 3.38. The minimum absolute atomic E-state index is 0. The van der Waals surface area contributed by atoms with Crippen LogP contribution in [0, 0.1) is 0 Å². The minimum atomic E-state index is -0.953. The Morgan fingerprint density at radius 3 is 2.50 bits per heavy atom. The maximum absolute atomic E-state index is 10.9. The van der Waals surface area contributed by atoms with Crippen molar-refractivity contribution in [3.8, 4) is 0 Å². The summed E-state index contributed by atoms with van der Waals surface area (Å²) in [7, 11) is 0. The number of carbonyl (C=O) groups excluding carboxylic acids is 1. The summed E-state index contributed by atoms with van der Waals surface area (Å²) in [6.07, 6.45) is 1.40. The summed E-state index contributed by atoms with van der Waals surface area (Å²) >= 11 is 3.32. The van der Waals surface area contributed by atoms with Crippen LogP contribution in [-0.2, 0) is 10.2 Å². The largest absolute Gasteiger partial charge is 1.00 e. The molecule has 1 aliphatic rings. The number of halogens is 1. The summed E-state index contributed by atoms with van der Waals surface area (Å²) in [5, 5.41) is 10.9. The van der Waals surface area contributed by atoms with E-state index in [1.807, 2.05) is 24.3 Å². The molecule has 0 heterocycles. The standard InChI is InChI=1S/C10H9BrO2.Na/c11-8-3-1-2-7(6-8)10(4-5-10)9(12)13;/h1-3,6H,4-5H2,(H,12,13);/q;+1/p-1. The van der Waals surface area contributed by atoms with Crippen LogP contribution in [0.15, 0.2) is 28.7 Å². The van der Waals surface area contributed by atoms with E-state index in [1.165, 1.54) is 0 Å². The van der Waals surface area contributed by atoms with E-state index < -0.39 is 11.4 Å². The third-order valence-corrected chi connectivity index (χ3v) is 3.01. The Bertz CT molecular complexity index is 361. The van der Waals surface area contributed by atoms with Crippen LogP contribution in [0.4, 0.5) is 0 Å². The van der Waals surface area contributed by atoms with E-state index in [9.17, 15) is 9.90 Å². The van der Waals surface area contributed by atoms with E-state index in [0.717, 1.165) is 10.0 Å². The molecule has 1 aliphatic carbocycles. The average molecular weight is 263 g/mol. The van der Waals surface area contributed by atoms with Crippen molar-refractivity contribution in [2.75, 3.05) is 0 Å². The zero-order valence-electron chi connectivity index (χ0n) is 7.92. The summed E-state index contributed by atoms with van der Waals surface area (Å²) in [5.74, 6) is -0.953. The van der Waals surface area contributed by atoms with Crippen LogP contribution in [0.2, 0.25) is 0 Å². The first kappa shape index (κ1) is 12.2. The van der Waals surface area contributed by atoms with Crippen LogP contribution in [0.5, 0.6) is 0 Å². The molecule has 1 saturated carbocycles. The van der Waals surface area contributed by atoms with Gasteiger partial charge in [0.05, 0.1) is 5.97 Å². The van der Waals surface area contributed by atoms with Gasteiger partial charge in [0.1, 0.15) is 0 Å². The van der Waals surface area contributed by atoms with Gasteiger partial charge in [0, 0.05) is 9.89 Å². The number of hydrogen-bond acceptors (Lipinski definition) is 2. The molecule has 0 unspecified atom stereocenters. The van der Waals surface area contributed by atoms with Gasteiger partial charge in [-0.2, -0.15) is 0 Å². The normalized spacial score (nSPS) is 16.9. The second kappa shape index (κ2) is 4.35. The van der Waals surface area contributed by atoms with Crippen LogP contribution in [0.25, 0.3) is 0 Å². The van der Waals surface area contributed by atoms with Crippen molar-refractivity contribution in [1.29, 1.82) is 0 Å². The van der Waals surface area contributed by atoms with E-state index in [2.05, 4.69) is 15.9 Å². The number of rotatable bonds is 2. The van der Waals surface area contributed by atoms with Gasteiger partial charge in [0.25, 0.3) is 0 Å². The van der Waals surface area contributed by atoms with Crippen molar-refractivity contribution in [1.82, 2.24) is 0 Å². The molecular weight excluding hydrogens is 255 g/mol. The predicted molar refractivity (Wildman–Crippen MR) is 50.1 cm³/mol. The first-order valence-electron chi connectivity index (χ1n) is 4.13. The van der Waals surface area contributed by atoms with Gasteiger partial charge in [-0.25, -0.2) is 0 Å². The number of aliphatic carboxylic acids is 1. The average Bonchev–Trinajstić information content (AvgIpc) is 2.83. The summed E-state index contributed by atoms with van der Waals surface area (Å²) in [6, 6.07) is 7.42. The molecule has 2 rings (SSSR count). The molecule has 0 N–H and O–H groups in total. The molecular formula is C10H8BrNaO2. The third kappa shape index (κ3) is 2.06. The van der Waals surface area contributed by atoms with Gasteiger partial charge in [0.2, 0.25) is 0 Å². The quantitative estimate of drug-likeness (QED) is 0.593. The molecule has 0 bridgehead atoms. The molecule has 0 saturated heterocycles. The SMILES string of the molecule is O=C([O-])C1(c2cccc(Br)c2)CC1.[Na+]. The van der Waals surface area contributed by atoms with Crippen LogP contribution in [-0.4, -0.2) is 5.97 Å². The Hall–Kier alpha value is 0.170. The van der Waals surface area contributed by atoms with Crippen molar-refractivity contribution in [3.05, 3.63) is 34.3 Å². The zero-order chi connectivity index (χ0) is 9.47. The Morgan fingerprint density at radius 1 is 1.43 bits per heavy atom. The van der Waals surface area contributed by atoms with Crippen molar-refractivity contribution in [2.24, 2.45) is 0 Å². The fraction of sp³-hybridized carbons (Fsp3) is 0.300. The number of carbonyl (C=O) groups is 1. The van der Waals surface area contributed by atoms with Gasteiger partial charge >= 0.3 is 29.6 Å². The summed E-state index contributed by atoms with van der Waals surface area (Å²) in [6.45, 7) is 0. The van der Waals surface area contributed by atoms with Crippen molar-refractivity contribution in [2.45, 2.75) is 18.3 Å². The Kier molecular flexibility index (Phi) is 3.81. The van der Waals surface area contributed by atoms with E-state index in [4.69, 9.17) is 0 Å². The van der Waals surface area contributed by atoms with Gasteiger partial charge in [-0.1, -0.05) is 28.1 Å². The van der Waals surface area contributed by atoms with Crippen LogP contribution >= 0.6 is 15.9 Å². The fourth-order valence-corrected chi connectivity index (χ4v) is 1.92. The summed E-state index contributed by atoms with van der Waals surface area (Å²) < 4.78 is 0.914. The van der Waals surface area contributed by atoms with Gasteiger partial charge in [-0.05, 0) is 30.5 Å². The molecule has 0 atom stereocenters. The van der Waals surface area contributed by atoms with Crippen LogP contribution < -0.4 is 34.7 Å². The molecule has 68 valence electrons. The van der Waals surface area contributed by atoms with E-state index >= 15 is 0 Å². The van der Waals surface area contributed by atoms with Crippen LogP contribution in [0.3, 0.4) is 0 Å². The zero-order valence-corrected chi connectivity index (χ0v) is 11.5. The van der Waals surface area contributed by atoms with Gasteiger partial charge < -0.3 is 9.90 Å². The van der Waals surface area contributed by atoms with Crippen molar-refractivity contribution in [3.63, 3.8) is 0 Å². The molecule has 1 aromatic carbocycles. The van der Waals surface area contributed by atoms with E-state index in [1.54, 1.807) is 0 Å². The third-order valence-electron chi connectivity index (χ3n) is 2.52. The molecule has 0 radical (unpaired) electrons. The smallest absolute Gasteiger partial charge is 0.549 e. The first-order valence-corrected chi connectivity index (χ1v) is 4.92. The van der Waals surface area contributed by atoms with Crippen molar-refractivity contribution < 1.29 is 39.5 Å². The molecule has 0 spiro atoms.